The van der Waals surface area contributed by atoms with E-state index in [4.69, 9.17) is 0 Å². The Kier molecular flexibility index (Phi) is 2.08. The maximum absolute atomic E-state index is 11.7. The first-order valence-electron chi connectivity index (χ1n) is 4.50. The van der Waals surface area contributed by atoms with Crippen LogP contribution in [0.4, 0.5) is 0 Å². The van der Waals surface area contributed by atoms with E-state index in [1.165, 1.54) is 12.1 Å². The molecule has 1 aliphatic rings. The van der Waals surface area contributed by atoms with E-state index >= 15 is 0 Å². The van der Waals surface area contributed by atoms with Crippen LogP contribution in [0, 0.1) is 0 Å². The summed E-state index contributed by atoms with van der Waals surface area (Å²) in [7, 11) is 0. The number of hydrogen-bond acceptors (Lipinski definition) is 3. The SMILES string of the molecule is CC1=CC(=O)c2c(C=O)cccc2C1=O. The Bertz CT molecular complexity index is 510. The molecule has 0 aliphatic heterocycles. The molecule has 0 spiro atoms. The van der Waals surface area contributed by atoms with E-state index < -0.39 is 0 Å². The average Bonchev–Trinajstić information content (AvgIpc) is 2.25. The number of hydrogen-bond donors (Lipinski definition) is 0. The van der Waals surface area contributed by atoms with E-state index in [1.807, 2.05) is 0 Å². The lowest BCUT2D eigenvalue weighted by Gasteiger charge is -2.13. The average molecular weight is 200 g/mol. The molecule has 1 aliphatic carbocycles. The van der Waals surface area contributed by atoms with Crippen LogP contribution < -0.4 is 0 Å². The van der Waals surface area contributed by atoms with Crippen molar-refractivity contribution in [1.29, 1.82) is 0 Å². The van der Waals surface area contributed by atoms with E-state index in [9.17, 15) is 14.4 Å². The molecule has 0 bridgehead atoms. The number of Topliss-reactive ketones (excluding diaryl/α,β-unsaturated/α-hetero) is 1. The maximum atomic E-state index is 11.7. The predicted octanol–water partition coefficient (Wildman–Crippen LogP) is 1.82. The first-order chi connectivity index (χ1) is 7.15. The van der Waals surface area contributed by atoms with Crippen LogP contribution in [0.3, 0.4) is 0 Å². The summed E-state index contributed by atoms with van der Waals surface area (Å²) in [5, 5.41) is 0. The largest absolute Gasteiger partial charge is 0.298 e. The molecular weight excluding hydrogens is 192 g/mol. The minimum atomic E-state index is -0.273. The summed E-state index contributed by atoms with van der Waals surface area (Å²) in [5.74, 6) is -0.460. The quantitative estimate of drug-likeness (QED) is 0.650. The van der Waals surface area contributed by atoms with Crippen LogP contribution in [-0.4, -0.2) is 17.9 Å². The molecule has 2 rings (SSSR count). The van der Waals surface area contributed by atoms with Gasteiger partial charge in [-0.25, -0.2) is 0 Å². The van der Waals surface area contributed by atoms with Gasteiger partial charge >= 0.3 is 0 Å². The highest BCUT2D eigenvalue weighted by atomic mass is 16.1. The maximum Gasteiger partial charge on any atom is 0.189 e. The second-order valence-electron chi connectivity index (χ2n) is 3.41. The minimum absolute atomic E-state index is 0.187. The number of rotatable bonds is 1. The third-order valence-electron chi connectivity index (χ3n) is 2.42. The number of allylic oxidation sites excluding steroid dienone is 2. The second-order valence-corrected chi connectivity index (χ2v) is 3.41. The van der Waals surface area contributed by atoms with Gasteiger partial charge in [0.05, 0.1) is 0 Å². The first kappa shape index (κ1) is 9.52. The molecule has 0 radical (unpaired) electrons. The van der Waals surface area contributed by atoms with Crippen molar-refractivity contribution < 1.29 is 14.4 Å². The monoisotopic (exact) mass is 200 g/mol. The fraction of sp³-hybridized carbons (Fsp3) is 0.0833. The van der Waals surface area contributed by atoms with Gasteiger partial charge in [0.1, 0.15) is 0 Å². The number of fused-ring (bicyclic) bond motifs is 1. The minimum Gasteiger partial charge on any atom is -0.298 e. The topological polar surface area (TPSA) is 51.2 Å². The fourth-order valence-electron chi connectivity index (χ4n) is 1.68. The third kappa shape index (κ3) is 1.32. The lowest BCUT2D eigenvalue weighted by Crippen LogP contribution is -2.17. The lowest BCUT2D eigenvalue weighted by molar-refractivity contribution is 0.0982. The second kappa shape index (κ2) is 3.28. The molecule has 0 saturated heterocycles. The summed E-state index contributed by atoms with van der Waals surface area (Å²) in [4.78, 5) is 34.1. The molecule has 0 unspecified atom stereocenters. The number of ketones is 2. The van der Waals surface area contributed by atoms with Gasteiger partial charge in [-0.3, -0.25) is 14.4 Å². The Morgan fingerprint density at radius 1 is 1.20 bits per heavy atom. The number of carbonyl (C=O) groups is 3. The summed E-state index contributed by atoms with van der Waals surface area (Å²) < 4.78 is 0. The Hall–Kier alpha value is -2.03. The van der Waals surface area contributed by atoms with Crippen LogP contribution in [-0.2, 0) is 0 Å². The highest BCUT2D eigenvalue weighted by Gasteiger charge is 2.24. The molecule has 1 aromatic rings. The van der Waals surface area contributed by atoms with Crippen molar-refractivity contribution in [2.45, 2.75) is 6.92 Å². The molecule has 15 heavy (non-hydrogen) atoms. The molecule has 3 nitrogen and oxygen atoms in total. The van der Waals surface area contributed by atoms with Crippen molar-refractivity contribution in [3.8, 4) is 0 Å². The van der Waals surface area contributed by atoms with E-state index in [2.05, 4.69) is 0 Å². The van der Waals surface area contributed by atoms with Gasteiger partial charge in [-0.05, 0) is 13.0 Å². The molecule has 0 N–H and O–H groups in total. The molecular formula is C12H8O3. The van der Waals surface area contributed by atoms with Crippen molar-refractivity contribution in [3.05, 3.63) is 46.5 Å². The van der Waals surface area contributed by atoms with Crippen molar-refractivity contribution in [1.82, 2.24) is 0 Å². The van der Waals surface area contributed by atoms with Gasteiger partial charge in [-0.15, -0.1) is 0 Å². The Morgan fingerprint density at radius 3 is 2.60 bits per heavy atom. The zero-order valence-electron chi connectivity index (χ0n) is 8.11. The number of aldehydes is 1. The standard InChI is InChI=1S/C12H8O3/c1-7-5-10(14)11-8(6-13)3-2-4-9(11)12(7)15/h2-6H,1H3. The summed E-state index contributed by atoms with van der Waals surface area (Å²) in [6.45, 7) is 1.59. The predicted molar refractivity (Wildman–Crippen MR) is 54.2 cm³/mol. The van der Waals surface area contributed by atoms with E-state index in [0.29, 0.717) is 17.4 Å². The van der Waals surface area contributed by atoms with E-state index in [-0.39, 0.29) is 22.7 Å². The zero-order chi connectivity index (χ0) is 11.0. The van der Waals surface area contributed by atoms with Gasteiger partial charge in [0.15, 0.2) is 17.9 Å². The molecule has 0 aromatic heterocycles. The molecule has 74 valence electrons. The molecule has 0 atom stereocenters. The van der Waals surface area contributed by atoms with Crippen LogP contribution in [0.1, 0.15) is 38.0 Å². The summed E-state index contributed by atoms with van der Waals surface area (Å²) >= 11 is 0. The van der Waals surface area contributed by atoms with Crippen molar-refractivity contribution in [3.63, 3.8) is 0 Å². The molecule has 0 heterocycles. The van der Waals surface area contributed by atoms with Gasteiger partial charge in [-0.1, -0.05) is 18.2 Å². The normalized spacial score (nSPS) is 14.6. The first-order valence-corrected chi connectivity index (χ1v) is 4.50. The van der Waals surface area contributed by atoms with Crippen LogP contribution in [0.15, 0.2) is 29.8 Å². The molecule has 0 amide bonds. The molecule has 1 aromatic carbocycles. The lowest BCUT2D eigenvalue weighted by atomic mass is 9.87. The Morgan fingerprint density at radius 2 is 1.93 bits per heavy atom. The van der Waals surface area contributed by atoms with Crippen LogP contribution in [0.5, 0.6) is 0 Å². The van der Waals surface area contributed by atoms with Crippen LogP contribution >= 0.6 is 0 Å². The fourth-order valence-corrected chi connectivity index (χ4v) is 1.68. The van der Waals surface area contributed by atoms with E-state index in [0.717, 1.165) is 0 Å². The zero-order valence-corrected chi connectivity index (χ0v) is 8.11. The third-order valence-corrected chi connectivity index (χ3v) is 2.42. The molecule has 0 saturated carbocycles. The van der Waals surface area contributed by atoms with Gasteiger partial charge in [0.25, 0.3) is 0 Å². The van der Waals surface area contributed by atoms with Gasteiger partial charge in [-0.2, -0.15) is 0 Å². The highest BCUT2D eigenvalue weighted by molar-refractivity contribution is 6.26. The Labute approximate surface area is 86.4 Å². The van der Waals surface area contributed by atoms with Crippen molar-refractivity contribution in [2.24, 2.45) is 0 Å². The highest BCUT2D eigenvalue weighted by Crippen LogP contribution is 2.23. The molecule has 3 heteroatoms. The van der Waals surface area contributed by atoms with Gasteiger partial charge < -0.3 is 0 Å². The molecule has 0 fully saturated rings. The van der Waals surface area contributed by atoms with E-state index in [1.54, 1.807) is 19.1 Å². The summed E-state index contributed by atoms with van der Waals surface area (Å²) in [5.41, 5.74) is 1.23. The van der Waals surface area contributed by atoms with Crippen LogP contribution in [0.25, 0.3) is 0 Å². The summed E-state index contributed by atoms with van der Waals surface area (Å²) in [6, 6.07) is 4.71. The smallest absolute Gasteiger partial charge is 0.189 e. The number of carbonyl (C=O) groups excluding carboxylic acids is 3. The van der Waals surface area contributed by atoms with Gasteiger partial charge in [0, 0.05) is 22.3 Å². The van der Waals surface area contributed by atoms with Gasteiger partial charge in [0.2, 0.25) is 0 Å². The number of benzene rings is 1. The Balaban J connectivity index is 2.76. The van der Waals surface area contributed by atoms with Crippen molar-refractivity contribution >= 4 is 17.9 Å². The van der Waals surface area contributed by atoms with Crippen LogP contribution in [0.2, 0.25) is 0 Å². The van der Waals surface area contributed by atoms with Crippen molar-refractivity contribution in [2.75, 3.05) is 0 Å². The summed E-state index contributed by atoms with van der Waals surface area (Å²) in [6.07, 6.45) is 1.87.